The molecule has 7 nitrogen and oxygen atoms in total. The van der Waals surface area contributed by atoms with Crippen LogP contribution in [0.3, 0.4) is 0 Å². The lowest BCUT2D eigenvalue weighted by molar-refractivity contribution is 0.995. The molecule has 0 spiro atoms. The topological polar surface area (TPSA) is 100 Å². The van der Waals surface area contributed by atoms with Crippen molar-refractivity contribution in [1.29, 1.82) is 0 Å². The van der Waals surface area contributed by atoms with Crippen molar-refractivity contribution in [1.82, 2.24) is 28.9 Å². The van der Waals surface area contributed by atoms with Crippen LogP contribution in [0, 0.1) is 0 Å². The maximum absolute atomic E-state index is 11.1. The fourth-order valence-electron chi connectivity index (χ4n) is 2.06. The van der Waals surface area contributed by atoms with Crippen molar-refractivity contribution in [2.45, 2.75) is 0 Å². The molecule has 3 aromatic heterocycles. The van der Waals surface area contributed by atoms with Crippen LogP contribution in [0.25, 0.3) is 33.8 Å². The summed E-state index contributed by atoms with van der Waals surface area (Å²) < 4.78 is 8.13. The van der Waals surface area contributed by atoms with Crippen molar-refractivity contribution >= 4 is 22.8 Å². The monoisotopic (exact) mass is 296 g/mol. The van der Waals surface area contributed by atoms with Gasteiger partial charge >= 0.3 is 0 Å². The number of fused-ring (bicyclic) bond motifs is 1. The van der Waals surface area contributed by atoms with Gasteiger partial charge in [0, 0.05) is 11.6 Å². The quantitative estimate of drug-likeness (QED) is 0.588. The van der Waals surface area contributed by atoms with Gasteiger partial charge in [0.05, 0.1) is 34.7 Å². The van der Waals surface area contributed by atoms with E-state index in [1.807, 2.05) is 18.2 Å². The van der Waals surface area contributed by atoms with Crippen LogP contribution >= 0.6 is 11.7 Å². The SMILES string of the molecule is O=c1ccc(-c2ccc3[nH]c(-c4cnsn4)nc3c2)n[nH]1. The van der Waals surface area contributed by atoms with Crippen LogP contribution in [-0.4, -0.2) is 28.9 Å². The van der Waals surface area contributed by atoms with Gasteiger partial charge in [-0.2, -0.15) is 13.8 Å². The Labute approximate surface area is 122 Å². The number of aromatic nitrogens is 6. The molecule has 3 heterocycles. The predicted molar refractivity (Wildman–Crippen MR) is 78.8 cm³/mol. The molecular weight excluding hydrogens is 288 g/mol. The molecule has 0 radical (unpaired) electrons. The molecule has 4 aromatic rings. The Morgan fingerprint density at radius 3 is 2.81 bits per heavy atom. The smallest absolute Gasteiger partial charge is 0.264 e. The Morgan fingerprint density at radius 1 is 1.10 bits per heavy atom. The van der Waals surface area contributed by atoms with Gasteiger partial charge in [0.25, 0.3) is 5.56 Å². The molecule has 0 saturated carbocycles. The molecule has 102 valence electrons. The molecular formula is C13H8N6OS. The highest BCUT2D eigenvalue weighted by molar-refractivity contribution is 6.99. The summed E-state index contributed by atoms with van der Waals surface area (Å²) in [5, 5.41) is 6.44. The van der Waals surface area contributed by atoms with Crippen molar-refractivity contribution < 1.29 is 0 Å². The van der Waals surface area contributed by atoms with Crippen LogP contribution in [0.2, 0.25) is 0 Å². The average Bonchev–Trinajstić information content (AvgIpc) is 3.16. The number of hydrogen-bond donors (Lipinski definition) is 2. The zero-order valence-corrected chi connectivity index (χ0v) is 11.4. The standard InChI is InChI=1S/C13H8N6OS/c20-12-4-3-8(17-18-12)7-1-2-9-10(5-7)16-13(15-9)11-6-14-21-19-11/h1-6H,(H,15,16)(H,18,20). The summed E-state index contributed by atoms with van der Waals surface area (Å²) in [6.07, 6.45) is 1.67. The Morgan fingerprint density at radius 2 is 2.05 bits per heavy atom. The summed E-state index contributed by atoms with van der Waals surface area (Å²) in [6.45, 7) is 0. The van der Waals surface area contributed by atoms with E-state index in [9.17, 15) is 4.79 Å². The summed E-state index contributed by atoms with van der Waals surface area (Å²) in [7, 11) is 0. The van der Waals surface area contributed by atoms with Gasteiger partial charge in [-0.1, -0.05) is 6.07 Å². The number of H-pyrrole nitrogens is 2. The molecule has 0 fully saturated rings. The van der Waals surface area contributed by atoms with Gasteiger partial charge in [0.15, 0.2) is 5.82 Å². The molecule has 0 atom stereocenters. The Hall–Kier alpha value is -2.87. The number of nitrogens with one attached hydrogen (secondary N) is 2. The van der Waals surface area contributed by atoms with E-state index < -0.39 is 0 Å². The number of aromatic amines is 2. The van der Waals surface area contributed by atoms with E-state index in [1.54, 1.807) is 12.3 Å². The molecule has 0 amide bonds. The van der Waals surface area contributed by atoms with Crippen LogP contribution in [0.1, 0.15) is 0 Å². The molecule has 0 aliphatic heterocycles. The largest absolute Gasteiger partial charge is 0.337 e. The molecule has 4 rings (SSSR count). The Balaban J connectivity index is 1.82. The normalized spacial score (nSPS) is 11.0. The van der Waals surface area contributed by atoms with Crippen LogP contribution in [0.4, 0.5) is 0 Å². The van der Waals surface area contributed by atoms with Crippen molar-refractivity contribution in [3.63, 3.8) is 0 Å². The maximum atomic E-state index is 11.1. The Kier molecular flexibility index (Phi) is 2.61. The van der Waals surface area contributed by atoms with Gasteiger partial charge in [0.1, 0.15) is 5.69 Å². The molecule has 0 saturated heterocycles. The molecule has 0 aliphatic rings. The number of rotatable bonds is 2. The van der Waals surface area contributed by atoms with Crippen molar-refractivity contribution in [3.05, 3.63) is 46.9 Å². The minimum absolute atomic E-state index is 0.224. The zero-order valence-electron chi connectivity index (χ0n) is 10.6. The number of benzene rings is 1. The lowest BCUT2D eigenvalue weighted by atomic mass is 10.1. The lowest BCUT2D eigenvalue weighted by Crippen LogP contribution is -2.05. The van der Waals surface area contributed by atoms with Crippen LogP contribution in [0.15, 0.2) is 41.3 Å². The third-order valence-corrected chi connectivity index (χ3v) is 3.54. The molecule has 21 heavy (non-hydrogen) atoms. The number of hydrogen-bond acceptors (Lipinski definition) is 6. The minimum atomic E-state index is -0.224. The number of nitrogens with zero attached hydrogens (tertiary/aromatic N) is 4. The lowest BCUT2D eigenvalue weighted by Gasteiger charge is -1.98. The van der Waals surface area contributed by atoms with E-state index in [1.165, 1.54) is 6.07 Å². The third kappa shape index (κ3) is 2.11. The van der Waals surface area contributed by atoms with Gasteiger partial charge in [-0.25, -0.2) is 10.1 Å². The molecule has 0 unspecified atom stereocenters. The second-order valence-electron chi connectivity index (χ2n) is 4.42. The van der Waals surface area contributed by atoms with Gasteiger partial charge in [-0.15, -0.1) is 0 Å². The van der Waals surface area contributed by atoms with E-state index in [0.29, 0.717) is 11.5 Å². The highest BCUT2D eigenvalue weighted by atomic mass is 32.1. The highest BCUT2D eigenvalue weighted by Gasteiger charge is 2.09. The van der Waals surface area contributed by atoms with E-state index in [2.05, 4.69) is 28.9 Å². The van der Waals surface area contributed by atoms with Gasteiger partial charge in [-0.05, 0) is 18.2 Å². The first-order valence-corrected chi connectivity index (χ1v) is 6.86. The summed E-state index contributed by atoms with van der Waals surface area (Å²) in [4.78, 5) is 18.8. The van der Waals surface area contributed by atoms with Gasteiger partial charge in [0.2, 0.25) is 0 Å². The second-order valence-corrected chi connectivity index (χ2v) is 4.97. The number of imidazole rings is 1. The van der Waals surface area contributed by atoms with Gasteiger partial charge in [-0.3, -0.25) is 4.79 Å². The van der Waals surface area contributed by atoms with E-state index in [4.69, 9.17) is 0 Å². The van der Waals surface area contributed by atoms with Crippen molar-refractivity contribution in [3.8, 4) is 22.8 Å². The minimum Gasteiger partial charge on any atom is -0.337 e. The summed E-state index contributed by atoms with van der Waals surface area (Å²) in [5.74, 6) is 0.685. The fraction of sp³-hybridized carbons (Fsp3) is 0. The molecule has 2 N–H and O–H groups in total. The van der Waals surface area contributed by atoms with Crippen molar-refractivity contribution in [2.24, 2.45) is 0 Å². The second kappa shape index (κ2) is 4.60. The highest BCUT2D eigenvalue weighted by Crippen LogP contribution is 2.23. The van der Waals surface area contributed by atoms with E-state index >= 15 is 0 Å². The fourth-order valence-corrected chi connectivity index (χ4v) is 2.48. The predicted octanol–water partition coefficient (Wildman–Crippen LogP) is 1.83. The maximum Gasteiger partial charge on any atom is 0.264 e. The first kappa shape index (κ1) is 11.9. The summed E-state index contributed by atoms with van der Waals surface area (Å²) >= 11 is 1.14. The van der Waals surface area contributed by atoms with Crippen LogP contribution in [-0.2, 0) is 0 Å². The van der Waals surface area contributed by atoms with Crippen LogP contribution in [0.5, 0.6) is 0 Å². The van der Waals surface area contributed by atoms with Gasteiger partial charge < -0.3 is 4.98 Å². The zero-order chi connectivity index (χ0) is 14.2. The third-order valence-electron chi connectivity index (χ3n) is 3.06. The molecule has 1 aromatic carbocycles. The van der Waals surface area contributed by atoms with E-state index in [0.717, 1.165) is 34.0 Å². The first-order valence-electron chi connectivity index (χ1n) is 6.13. The first-order chi connectivity index (χ1) is 10.3. The average molecular weight is 296 g/mol. The van der Waals surface area contributed by atoms with E-state index in [-0.39, 0.29) is 5.56 Å². The molecule has 0 bridgehead atoms. The van der Waals surface area contributed by atoms with Crippen molar-refractivity contribution in [2.75, 3.05) is 0 Å². The Bertz CT molecular complexity index is 951. The summed E-state index contributed by atoms with van der Waals surface area (Å²) in [6, 6.07) is 8.88. The van der Waals surface area contributed by atoms with Crippen LogP contribution < -0.4 is 5.56 Å². The molecule has 0 aliphatic carbocycles. The summed E-state index contributed by atoms with van der Waals surface area (Å²) in [5.41, 5.74) is 3.79. The molecule has 8 heteroatoms.